The summed E-state index contributed by atoms with van der Waals surface area (Å²) in [5, 5.41) is 0. The molecule has 0 aliphatic carbocycles. The summed E-state index contributed by atoms with van der Waals surface area (Å²) >= 11 is 0. The van der Waals surface area contributed by atoms with Gasteiger partial charge in [-0.1, -0.05) is 220 Å². The first-order chi connectivity index (χ1) is 26.9. The number of hydrogen-bond donors (Lipinski definition) is 0. The Morgan fingerprint density at radius 3 is 0.782 bits per heavy atom. The van der Waals surface area contributed by atoms with E-state index < -0.39 is 36.1 Å². The van der Waals surface area contributed by atoms with Gasteiger partial charge in [0.05, 0.1) is 0 Å². The third-order valence-corrected chi connectivity index (χ3v) is 10.9. The SMILES string of the molecule is CCCCCCCCCCCCC(OC(=O)CCCCCCCCC)C(=O)OC(=O)C(CCCCCCCCCCCC)OC(=O)CCCCCCCCC. The van der Waals surface area contributed by atoms with E-state index >= 15 is 0 Å². The Labute approximate surface area is 340 Å². The minimum Gasteiger partial charge on any atom is -0.450 e. The fourth-order valence-electron chi connectivity index (χ4n) is 7.20. The topological polar surface area (TPSA) is 96.0 Å². The van der Waals surface area contributed by atoms with Crippen molar-refractivity contribution in [2.24, 2.45) is 0 Å². The molecule has 0 bridgehead atoms. The van der Waals surface area contributed by atoms with E-state index in [2.05, 4.69) is 27.7 Å². The van der Waals surface area contributed by atoms with E-state index in [9.17, 15) is 19.2 Å². The van der Waals surface area contributed by atoms with Crippen LogP contribution in [0.3, 0.4) is 0 Å². The highest BCUT2D eigenvalue weighted by Crippen LogP contribution is 2.19. The smallest absolute Gasteiger partial charge is 0.355 e. The highest BCUT2D eigenvalue weighted by molar-refractivity contribution is 5.91. The van der Waals surface area contributed by atoms with Crippen molar-refractivity contribution in [3.63, 3.8) is 0 Å². The Hall–Kier alpha value is -1.92. The lowest BCUT2D eigenvalue weighted by molar-refractivity contribution is -0.182. The van der Waals surface area contributed by atoms with Gasteiger partial charge in [-0.3, -0.25) is 9.59 Å². The van der Waals surface area contributed by atoms with Crippen LogP contribution >= 0.6 is 0 Å². The van der Waals surface area contributed by atoms with Crippen LogP contribution in [0.25, 0.3) is 0 Å². The number of ether oxygens (including phenoxy) is 3. The van der Waals surface area contributed by atoms with Gasteiger partial charge < -0.3 is 14.2 Å². The minimum absolute atomic E-state index is 0.251. The highest BCUT2D eigenvalue weighted by atomic mass is 16.6. The molecule has 55 heavy (non-hydrogen) atoms. The van der Waals surface area contributed by atoms with Gasteiger partial charge in [0, 0.05) is 12.8 Å². The molecule has 0 aromatic carbocycles. The number of hydrogen-bond acceptors (Lipinski definition) is 7. The second kappa shape index (κ2) is 41.7. The normalized spacial score (nSPS) is 12.4. The van der Waals surface area contributed by atoms with Crippen LogP contribution in [0, 0.1) is 0 Å². The number of rotatable bonds is 42. The number of carbonyl (C=O) groups is 4. The lowest BCUT2D eigenvalue weighted by Gasteiger charge is -2.20. The lowest BCUT2D eigenvalue weighted by atomic mass is 10.0. The molecule has 0 fully saturated rings. The molecule has 0 N–H and O–H groups in total. The van der Waals surface area contributed by atoms with Gasteiger partial charge in [0.1, 0.15) is 0 Å². The van der Waals surface area contributed by atoms with Gasteiger partial charge in [-0.2, -0.15) is 0 Å². The zero-order valence-electron chi connectivity index (χ0n) is 36.9. The molecule has 7 heteroatoms. The summed E-state index contributed by atoms with van der Waals surface area (Å²) in [6.45, 7) is 8.86. The molecule has 0 aromatic rings. The zero-order chi connectivity index (χ0) is 40.5. The van der Waals surface area contributed by atoms with Crippen LogP contribution in [0.5, 0.6) is 0 Å². The molecule has 0 rings (SSSR count). The predicted octanol–water partition coefficient (Wildman–Crippen LogP) is 14.8. The Morgan fingerprint density at radius 2 is 0.527 bits per heavy atom. The first kappa shape index (κ1) is 53.1. The van der Waals surface area contributed by atoms with E-state index in [4.69, 9.17) is 14.2 Å². The fourth-order valence-corrected chi connectivity index (χ4v) is 7.20. The molecule has 0 aliphatic rings. The molecule has 0 aromatic heterocycles. The van der Waals surface area contributed by atoms with Crippen LogP contribution in [0.4, 0.5) is 0 Å². The molecule has 2 atom stereocenters. The molecule has 7 nitrogen and oxygen atoms in total. The summed E-state index contributed by atoms with van der Waals surface area (Å²) < 4.78 is 16.8. The van der Waals surface area contributed by atoms with Crippen molar-refractivity contribution >= 4 is 23.9 Å². The van der Waals surface area contributed by atoms with Crippen LogP contribution in [0.15, 0.2) is 0 Å². The maximum Gasteiger partial charge on any atom is 0.355 e. The van der Waals surface area contributed by atoms with Gasteiger partial charge in [-0.05, 0) is 38.5 Å². The largest absolute Gasteiger partial charge is 0.450 e. The van der Waals surface area contributed by atoms with Crippen molar-refractivity contribution in [1.29, 1.82) is 0 Å². The number of unbranched alkanes of at least 4 members (excludes halogenated alkanes) is 30. The van der Waals surface area contributed by atoms with Crippen molar-refractivity contribution in [1.82, 2.24) is 0 Å². The van der Waals surface area contributed by atoms with E-state index in [0.717, 1.165) is 77.0 Å². The van der Waals surface area contributed by atoms with Crippen LogP contribution in [0.2, 0.25) is 0 Å². The minimum atomic E-state index is -1.13. The van der Waals surface area contributed by atoms with Gasteiger partial charge in [0.25, 0.3) is 0 Å². The van der Waals surface area contributed by atoms with E-state index in [1.54, 1.807) is 0 Å². The second-order valence-electron chi connectivity index (χ2n) is 16.4. The molecule has 0 heterocycles. The molecule has 0 saturated heterocycles. The molecular weight excluding hydrogens is 689 g/mol. The van der Waals surface area contributed by atoms with Crippen LogP contribution in [-0.4, -0.2) is 36.1 Å². The Bertz CT molecular complexity index is 818. The van der Waals surface area contributed by atoms with E-state index in [1.807, 2.05) is 0 Å². The summed E-state index contributed by atoms with van der Waals surface area (Å²) in [5.41, 5.74) is 0. The third-order valence-electron chi connectivity index (χ3n) is 10.9. The van der Waals surface area contributed by atoms with Crippen molar-refractivity contribution < 1.29 is 33.4 Å². The standard InChI is InChI=1S/C48H90O7/c1-5-9-13-17-21-23-25-29-31-35-39-43(53-45(49)41-37-33-27-19-15-11-7-3)47(51)55-48(52)44(40-36-32-30-26-24-22-18-14-10-6-2)54-46(50)42-38-34-28-20-16-12-8-4/h43-44H,5-42H2,1-4H3. The van der Waals surface area contributed by atoms with Gasteiger partial charge in [-0.15, -0.1) is 0 Å². The van der Waals surface area contributed by atoms with Gasteiger partial charge in [0.2, 0.25) is 0 Å². The maximum absolute atomic E-state index is 13.4. The Kier molecular flexibility index (Phi) is 40.3. The highest BCUT2D eigenvalue weighted by Gasteiger charge is 2.31. The van der Waals surface area contributed by atoms with Crippen LogP contribution in [-0.2, 0) is 33.4 Å². The summed E-state index contributed by atoms with van der Waals surface area (Å²) in [5.74, 6) is -2.52. The van der Waals surface area contributed by atoms with E-state index in [1.165, 1.54) is 128 Å². The van der Waals surface area contributed by atoms with Crippen molar-refractivity contribution in [3.05, 3.63) is 0 Å². The zero-order valence-corrected chi connectivity index (χ0v) is 36.9. The molecule has 0 saturated carbocycles. The average molecular weight is 779 g/mol. The second-order valence-corrected chi connectivity index (χ2v) is 16.4. The third kappa shape index (κ3) is 36.2. The maximum atomic E-state index is 13.4. The molecule has 0 amide bonds. The van der Waals surface area contributed by atoms with Gasteiger partial charge in [-0.25, -0.2) is 9.59 Å². The van der Waals surface area contributed by atoms with E-state index in [0.29, 0.717) is 25.7 Å². The van der Waals surface area contributed by atoms with E-state index in [-0.39, 0.29) is 12.8 Å². The molecular formula is C48H90O7. The quantitative estimate of drug-likeness (QED) is 0.0263. The fraction of sp³-hybridized carbons (Fsp3) is 0.917. The molecule has 2 unspecified atom stereocenters. The van der Waals surface area contributed by atoms with Crippen molar-refractivity contribution in [2.75, 3.05) is 0 Å². The molecule has 0 radical (unpaired) electrons. The Balaban J connectivity index is 5.22. The number of carbonyl (C=O) groups excluding carboxylic acids is 4. The summed E-state index contributed by atoms with van der Waals surface area (Å²) in [4.78, 5) is 52.6. The number of esters is 4. The van der Waals surface area contributed by atoms with Gasteiger partial charge in [0.15, 0.2) is 12.2 Å². The molecule has 0 aliphatic heterocycles. The average Bonchev–Trinajstić information content (AvgIpc) is 3.17. The van der Waals surface area contributed by atoms with Gasteiger partial charge >= 0.3 is 23.9 Å². The monoisotopic (exact) mass is 779 g/mol. The summed E-state index contributed by atoms with van der Waals surface area (Å²) in [6.07, 6.45) is 37.1. The van der Waals surface area contributed by atoms with Crippen molar-refractivity contribution in [2.45, 2.75) is 284 Å². The summed E-state index contributed by atoms with van der Waals surface area (Å²) in [6, 6.07) is 0. The predicted molar refractivity (Wildman–Crippen MR) is 229 cm³/mol. The summed E-state index contributed by atoms with van der Waals surface area (Å²) in [7, 11) is 0. The first-order valence-electron chi connectivity index (χ1n) is 24.0. The molecule has 324 valence electrons. The van der Waals surface area contributed by atoms with Crippen molar-refractivity contribution in [3.8, 4) is 0 Å². The lowest BCUT2D eigenvalue weighted by Crippen LogP contribution is -2.36. The molecule has 0 spiro atoms. The Morgan fingerprint density at radius 1 is 0.309 bits per heavy atom. The van der Waals surface area contributed by atoms with Crippen LogP contribution in [0.1, 0.15) is 272 Å². The van der Waals surface area contributed by atoms with Crippen LogP contribution < -0.4 is 0 Å². The first-order valence-corrected chi connectivity index (χ1v) is 24.0.